The van der Waals surface area contributed by atoms with Crippen molar-refractivity contribution < 1.29 is 19.0 Å². The molecule has 4 rings (SSSR count). The maximum Gasteiger partial charge on any atom is 0.253 e. The smallest absolute Gasteiger partial charge is 0.253 e. The number of carbonyl (C=O) groups is 1. The van der Waals surface area contributed by atoms with Crippen molar-refractivity contribution in [2.75, 3.05) is 31.8 Å². The number of methoxy groups -OCH3 is 1. The van der Waals surface area contributed by atoms with Crippen LogP contribution in [0.1, 0.15) is 17.0 Å². The molecule has 1 amide bonds. The Balaban J connectivity index is 1.68. The molecule has 7 heteroatoms. The van der Waals surface area contributed by atoms with E-state index in [4.69, 9.17) is 14.2 Å². The SMILES string of the molecule is COc1ccc(COc2cc(N3CCOCC3=O)cn3c(C)c(C)nc23)cc1. The predicted octanol–water partition coefficient (Wildman–Crippen LogP) is 2.90. The third kappa shape index (κ3) is 3.41. The minimum absolute atomic E-state index is 0.0544. The Morgan fingerprint density at radius 3 is 2.71 bits per heavy atom. The van der Waals surface area contributed by atoms with Crippen LogP contribution >= 0.6 is 0 Å². The van der Waals surface area contributed by atoms with E-state index in [-0.39, 0.29) is 12.5 Å². The van der Waals surface area contributed by atoms with Gasteiger partial charge in [-0.1, -0.05) is 12.1 Å². The molecule has 0 atom stereocenters. The molecule has 0 saturated carbocycles. The van der Waals surface area contributed by atoms with Crippen molar-refractivity contribution in [3.8, 4) is 11.5 Å². The largest absolute Gasteiger partial charge is 0.497 e. The maximum atomic E-state index is 12.3. The first-order chi connectivity index (χ1) is 13.6. The van der Waals surface area contributed by atoms with Gasteiger partial charge in [-0.2, -0.15) is 0 Å². The number of pyridine rings is 1. The summed E-state index contributed by atoms with van der Waals surface area (Å²) >= 11 is 0. The highest BCUT2D eigenvalue weighted by Gasteiger charge is 2.23. The zero-order chi connectivity index (χ0) is 19.7. The molecule has 1 aliphatic heterocycles. The monoisotopic (exact) mass is 381 g/mol. The summed E-state index contributed by atoms with van der Waals surface area (Å²) in [7, 11) is 1.64. The number of morpholine rings is 1. The molecule has 3 aromatic rings. The first-order valence-corrected chi connectivity index (χ1v) is 9.20. The van der Waals surface area contributed by atoms with Crippen LogP contribution < -0.4 is 14.4 Å². The summed E-state index contributed by atoms with van der Waals surface area (Å²) in [6.45, 7) is 5.51. The molecule has 0 aliphatic carbocycles. The molecule has 1 aromatic carbocycles. The standard InChI is InChI=1S/C21H23N3O4/c1-14-15(2)24-11-17(23-8-9-27-13-20(23)25)10-19(21(24)22-14)28-12-16-4-6-18(26-3)7-5-16/h4-7,10-11H,8-9,12-13H2,1-3H3. The lowest BCUT2D eigenvalue weighted by molar-refractivity contribution is -0.125. The number of carbonyl (C=O) groups excluding carboxylic acids is 1. The van der Waals surface area contributed by atoms with Gasteiger partial charge in [-0.15, -0.1) is 0 Å². The summed E-state index contributed by atoms with van der Waals surface area (Å²) < 4.78 is 18.6. The number of rotatable bonds is 5. The molecule has 0 unspecified atom stereocenters. The number of ether oxygens (including phenoxy) is 3. The number of hydrogen-bond donors (Lipinski definition) is 0. The van der Waals surface area contributed by atoms with Gasteiger partial charge in [0.2, 0.25) is 0 Å². The maximum absolute atomic E-state index is 12.3. The van der Waals surface area contributed by atoms with Crippen LogP contribution in [0.15, 0.2) is 36.5 Å². The third-order valence-corrected chi connectivity index (χ3v) is 5.00. The molecular weight excluding hydrogens is 358 g/mol. The van der Waals surface area contributed by atoms with Gasteiger partial charge in [-0.3, -0.25) is 9.20 Å². The minimum Gasteiger partial charge on any atom is -0.497 e. The van der Waals surface area contributed by atoms with Crippen molar-refractivity contribution in [2.24, 2.45) is 0 Å². The lowest BCUT2D eigenvalue weighted by Crippen LogP contribution is -2.41. The molecule has 3 heterocycles. The van der Waals surface area contributed by atoms with Crippen molar-refractivity contribution in [1.82, 2.24) is 9.38 Å². The molecule has 1 aliphatic rings. The van der Waals surface area contributed by atoms with Crippen molar-refractivity contribution in [3.05, 3.63) is 53.5 Å². The average molecular weight is 381 g/mol. The Hall–Kier alpha value is -3.06. The number of aromatic nitrogens is 2. The van der Waals surface area contributed by atoms with E-state index in [9.17, 15) is 4.79 Å². The van der Waals surface area contributed by atoms with Crippen LogP contribution in [0, 0.1) is 13.8 Å². The van der Waals surface area contributed by atoms with E-state index in [0.717, 1.165) is 34.0 Å². The number of benzene rings is 1. The molecular formula is C21H23N3O4. The summed E-state index contributed by atoms with van der Waals surface area (Å²) in [5.41, 5.74) is 4.50. The molecule has 0 bridgehead atoms. The normalized spacial score (nSPS) is 14.5. The zero-order valence-electron chi connectivity index (χ0n) is 16.3. The number of anilines is 1. The Labute approximate surface area is 163 Å². The van der Waals surface area contributed by atoms with Gasteiger partial charge in [0.1, 0.15) is 19.0 Å². The molecule has 0 radical (unpaired) electrons. The average Bonchev–Trinajstić information content (AvgIpc) is 3.01. The van der Waals surface area contributed by atoms with E-state index < -0.39 is 0 Å². The van der Waals surface area contributed by atoms with Gasteiger partial charge < -0.3 is 19.1 Å². The summed E-state index contributed by atoms with van der Waals surface area (Å²) in [6.07, 6.45) is 1.94. The van der Waals surface area contributed by atoms with Gasteiger partial charge in [-0.05, 0) is 31.5 Å². The van der Waals surface area contributed by atoms with Crippen LogP contribution in [-0.4, -0.2) is 42.2 Å². The van der Waals surface area contributed by atoms with Gasteiger partial charge in [-0.25, -0.2) is 4.98 Å². The van der Waals surface area contributed by atoms with Gasteiger partial charge in [0.05, 0.1) is 25.1 Å². The van der Waals surface area contributed by atoms with E-state index in [0.29, 0.717) is 25.5 Å². The van der Waals surface area contributed by atoms with Crippen LogP contribution in [-0.2, 0) is 16.1 Å². The van der Waals surface area contributed by atoms with Crippen LogP contribution in [0.25, 0.3) is 5.65 Å². The van der Waals surface area contributed by atoms with E-state index >= 15 is 0 Å². The molecule has 1 fully saturated rings. The lowest BCUT2D eigenvalue weighted by Gasteiger charge is -2.27. The first-order valence-electron chi connectivity index (χ1n) is 9.20. The van der Waals surface area contributed by atoms with Crippen LogP contribution in [0.2, 0.25) is 0 Å². The Morgan fingerprint density at radius 2 is 2.00 bits per heavy atom. The quantitative estimate of drug-likeness (QED) is 0.680. The van der Waals surface area contributed by atoms with Crippen molar-refractivity contribution >= 4 is 17.2 Å². The number of aryl methyl sites for hydroxylation is 2. The first kappa shape index (κ1) is 18.3. The van der Waals surface area contributed by atoms with Gasteiger partial charge in [0.25, 0.3) is 5.91 Å². The van der Waals surface area contributed by atoms with Crippen LogP contribution in [0.5, 0.6) is 11.5 Å². The molecule has 0 N–H and O–H groups in total. The second-order valence-electron chi connectivity index (χ2n) is 6.77. The summed E-state index contributed by atoms with van der Waals surface area (Å²) in [5.74, 6) is 1.39. The highest BCUT2D eigenvalue weighted by atomic mass is 16.5. The number of amides is 1. The van der Waals surface area contributed by atoms with E-state index in [1.807, 2.05) is 54.8 Å². The zero-order valence-corrected chi connectivity index (χ0v) is 16.3. The van der Waals surface area contributed by atoms with E-state index in [1.54, 1.807) is 12.0 Å². The number of imidazole rings is 1. The molecule has 28 heavy (non-hydrogen) atoms. The fourth-order valence-corrected chi connectivity index (χ4v) is 3.25. The third-order valence-electron chi connectivity index (χ3n) is 5.00. The lowest BCUT2D eigenvalue weighted by atomic mass is 10.2. The number of hydrogen-bond acceptors (Lipinski definition) is 5. The molecule has 1 saturated heterocycles. The van der Waals surface area contributed by atoms with Crippen LogP contribution in [0.4, 0.5) is 5.69 Å². The highest BCUT2D eigenvalue weighted by molar-refractivity contribution is 5.95. The fourth-order valence-electron chi connectivity index (χ4n) is 3.25. The predicted molar refractivity (Wildman–Crippen MR) is 105 cm³/mol. The van der Waals surface area contributed by atoms with Gasteiger partial charge in [0.15, 0.2) is 11.4 Å². The topological polar surface area (TPSA) is 65.3 Å². The second-order valence-corrected chi connectivity index (χ2v) is 6.77. The molecule has 7 nitrogen and oxygen atoms in total. The second kappa shape index (κ2) is 7.52. The summed E-state index contributed by atoms with van der Waals surface area (Å²) in [6, 6.07) is 9.62. The van der Waals surface area contributed by atoms with Gasteiger partial charge in [0, 0.05) is 24.5 Å². The summed E-state index contributed by atoms with van der Waals surface area (Å²) in [5, 5.41) is 0. The Bertz CT molecular complexity index is 1010. The Kier molecular flexibility index (Phi) is 4.92. The van der Waals surface area contributed by atoms with Crippen molar-refractivity contribution in [1.29, 1.82) is 0 Å². The molecule has 146 valence electrons. The fraction of sp³-hybridized carbons (Fsp3) is 0.333. The van der Waals surface area contributed by atoms with Crippen molar-refractivity contribution in [3.63, 3.8) is 0 Å². The van der Waals surface area contributed by atoms with Crippen LogP contribution in [0.3, 0.4) is 0 Å². The minimum atomic E-state index is -0.0544. The Morgan fingerprint density at radius 1 is 1.21 bits per heavy atom. The molecule has 0 spiro atoms. The number of fused-ring (bicyclic) bond motifs is 1. The van der Waals surface area contributed by atoms with E-state index in [1.165, 1.54) is 0 Å². The number of nitrogens with zero attached hydrogens (tertiary/aromatic N) is 3. The van der Waals surface area contributed by atoms with Crippen molar-refractivity contribution in [2.45, 2.75) is 20.5 Å². The van der Waals surface area contributed by atoms with E-state index in [2.05, 4.69) is 4.98 Å². The highest BCUT2D eigenvalue weighted by Crippen LogP contribution is 2.29. The summed E-state index contributed by atoms with van der Waals surface area (Å²) in [4.78, 5) is 18.7. The van der Waals surface area contributed by atoms with Gasteiger partial charge >= 0.3 is 0 Å². The molecule has 2 aromatic heterocycles.